The number of carbonyl (C=O) groups is 1. The molecule has 0 aliphatic carbocycles. The van der Waals surface area contributed by atoms with Crippen molar-refractivity contribution in [2.75, 3.05) is 5.32 Å². The van der Waals surface area contributed by atoms with Crippen molar-refractivity contribution in [3.63, 3.8) is 0 Å². The summed E-state index contributed by atoms with van der Waals surface area (Å²) < 4.78 is 5.70. The predicted octanol–water partition coefficient (Wildman–Crippen LogP) is 4.59. The zero-order chi connectivity index (χ0) is 17.8. The van der Waals surface area contributed by atoms with E-state index >= 15 is 0 Å². The van der Waals surface area contributed by atoms with Gasteiger partial charge in [0.2, 0.25) is 5.89 Å². The summed E-state index contributed by atoms with van der Waals surface area (Å²) in [5, 5.41) is 5.64. The molecule has 0 spiro atoms. The zero-order valence-electron chi connectivity index (χ0n) is 14.6. The highest BCUT2D eigenvalue weighted by molar-refractivity contribution is 5.89. The Hall–Kier alpha value is -3.08. The number of hydrogen-bond donors (Lipinski definition) is 2. The first-order chi connectivity index (χ1) is 12.0. The van der Waals surface area contributed by atoms with Crippen LogP contribution in [0.1, 0.15) is 22.6 Å². The number of benzene rings is 2. The Morgan fingerprint density at radius 1 is 1.04 bits per heavy atom. The van der Waals surface area contributed by atoms with Crippen LogP contribution < -0.4 is 10.6 Å². The number of nitrogens with one attached hydrogen (secondary N) is 2. The Kier molecular flexibility index (Phi) is 4.84. The summed E-state index contributed by atoms with van der Waals surface area (Å²) in [5.41, 5.74) is 4.73. The molecule has 0 radical (unpaired) electrons. The molecule has 2 aromatic carbocycles. The van der Waals surface area contributed by atoms with E-state index < -0.39 is 0 Å². The predicted molar refractivity (Wildman–Crippen MR) is 98.5 cm³/mol. The first-order valence-corrected chi connectivity index (χ1v) is 8.17. The molecular weight excluding hydrogens is 314 g/mol. The van der Waals surface area contributed by atoms with Gasteiger partial charge in [0.15, 0.2) is 0 Å². The van der Waals surface area contributed by atoms with Crippen molar-refractivity contribution in [2.24, 2.45) is 0 Å². The van der Waals surface area contributed by atoms with E-state index in [4.69, 9.17) is 4.42 Å². The highest BCUT2D eigenvalue weighted by Crippen LogP contribution is 2.21. The lowest BCUT2D eigenvalue weighted by Gasteiger charge is -2.08. The van der Waals surface area contributed by atoms with Crippen LogP contribution in [0.2, 0.25) is 0 Å². The lowest BCUT2D eigenvalue weighted by molar-refractivity contribution is 0.251. The van der Waals surface area contributed by atoms with Crippen molar-refractivity contribution in [3.8, 4) is 11.5 Å². The minimum atomic E-state index is -0.271. The molecule has 0 aliphatic rings. The molecule has 2 amide bonds. The number of nitrogens with zero attached hydrogens (tertiary/aromatic N) is 1. The zero-order valence-corrected chi connectivity index (χ0v) is 14.6. The van der Waals surface area contributed by atoms with E-state index in [2.05, 4.69) is 15.6 Å². The van der Waals surface area contributed by atoms with E-state index in [1.807, 2.05) is 69.3 Å². The average molecular weight is 335 g/mol. The molecule has 5 heteroatoms. The highest BCUT2D eigenvalue weighted by atomic mass is 16.4. The molecule has 0 saturated carbocycles. The maximum Gasteiger partial charge on any atom is 0.319 e. The van der Waals surface area contributed by atoms with Gasteiger partial charge in [0.25, 0.3) is 0 Å². The Morgan fingerprint density at radius 2 is 1.80 bits per heavy atom. The van der Waals surface area contributed by atoms with Crippen molar-refractivity contribution in [3.05, 3.63) is 71.1 Å². The fourth-order valence-electron chi connectivity index (χ4n) is 2.45. The molecule has 25 heavy (non-hydrogen) atoms. The molecule has 1 aromatic heterocycles. The minimum Gasteiger partial charge on any atom is -0.441 e. The van der Waals surface area contributed by atoms with E-state index in [9.17, 15) is 4.79 Å². The third-order valence-corrected chi connectivity index (χ3v) is 4.09. The third-order valence-electron chi connectivity index (χ3n) is 4.09. The third kappa shape index (κ3) is 4.07. The molecule has 3 aromatic rings. The van der Waals surface area contributed by atoms with E-state index in [-0.39, 0.29) is 6.03 Å². The van der Waals surface area contributed by atoms with E-state index in [0.717, 1.165) is 16.8 Å². The number of anilines is 1. The van der Waals surface area contributed by atoms with Gasteiger partial charge in [-0.1, -0.05) is 24.3 Å². The first-order valence-electron chi connectivity index (χ1n) is 8.17. The van der Waals surface area contributed by atoms with Crippen LogP contribution in [0.5, 0.6) is 0 Å². The molecule has 0 fully saturated rings. The summed E-state index contributed by atoms with van der Waals surface area (Å²) in [4.78, 5) is 16.6. The molecule has 5 nitrogen and oxygen atoms in total. The number of rotatable bonds is 4. The normalized spacial score (nSPS) is 10.5. The summed E-state index contributed by atoms with van der Waals surface area (Å²) in [6.45, 7) is 6.20. The van der Waals surface area contributed by atoms with Crippen molar-refractivity contribution in [1.29, 1.82) is 0 Å². The maximum atomic E-state index is 12.1. The van der Waals surface area contributed by atoms with Gasteiger partial charge in [0.1, 0.15) is 11.5 Å². The molecule has 0 bridgehead atoms. The van der Waals surface area contributed by atoms with Gasteiger partial charge in [-0.15, -0.1) is 0 Å². The average Bonchev–Trinajstić information content (AvgIpc) is 2.98. The second-order valence-electron chi connectivity index (χ2n) is 5.99. The van der Waals surface area contributed by atoms with Crippen molar-refractivity contribution >= 4 is 11.7 Å². The summed E-state index contributed by atoms with van der Waals surface area (Å²) in [6, 6.07) is 15.2. The van der Waals surface area contributed by atoms with Gasteiger partial charge in [-0.2, -0.15) is 0 Å². The number of oxazole rings is 1. The second-order valence-corrected chi connectivity index (χ2v) is 5.99. The molecule has 128 valence electrons. The fourth-order valence-corrected chi connectivity index (χ4v) is 2.45. The van der Waals surface area contributed by atoms with Crippen LogP contribution in [-0.4, -0.2) is 11.0 Å². The highest BCUT2D eigenvalue weighted by Gasteiger charge is 2.12. The first kappa shape index (κ1) is 16.8. The van der Waals surface area contributed by atoms with Crippen molar-refractivity contribution in [1.82, 2.24) is 10.3 Å². The monoisotopic (exact) mass is 335 g/mol. The standard InChI is InChI=1S/C20H21N3O2/c1-13-9-10-17(11-14(13)2)22-20(24)21-12-18-15(3)25-19(23-18)16-7-5-4-6-8-16/h4-11H,12H2,1-3H3,(H2,21,22,24). The number of aromatic nitrogens is 1. The van der Waals surface area contributed by atoms with Gasteiger partial charge < -0.3 is 15.1 Å². The minimum absolute atomic E-state index is 0.271. The molecule has 0 aliphatic heterocycles. The van der Waals surface area contributed by atoms with Gasteiger partial charge in [-0.3, -0.25) is 0 Å². The van der Waals surface area contributed by atoms with E-state index in [1.165, 1.54) is 5.56 Å². The lowest BCUT2D eigenvalue weighted by Crippen LogP contribution is -2.28. The van der Waals surface area contributed by atoms with Gasteiger partial charge in [-0.25, -0.2) is 9.78 Å². The molecule has 0 atom stereocenters. The van der Waals surface area contributed by atoms with Gasteiger partial charge in [-0.05, 0) is 56.2 Å². The van der Waals surface area contributed by atoms with E-state index in [0.29, 0.717) is 23.9 Å². The molecule has 2 N–H and O–H groups in total. The van der Waals surface area contributed by atoms with Crippen LogP contribution >= 0.6 is 0 Å². The molecule has 3 rings (SSSR count). The molecule has 0 unspecified atom stereocenters. The van der Waals surface area contributed by atoms with Gasteiger partial charge in [0, 0.05) is 11.3 Å². The van der Waals surface area contributed by atoms with Crippen LogP contribution in [0, 0.1) is 20.8 Å². The van der Waals surface area contributed by atoms with Crippen molar-refractivity contribution in [2.45, 2.75) is 27.3 Å². The quantitative estimate of drug-likeness (QED) is 0.733. The Balaban J connectivity index is 1.62. The summed E-state index contributed by atoms with van der Waals surface area (Å²) in [7, 11) is 0. The Morgan fingerprint density at radius 3 is 2.52 bits per heavy atom. The van der Waals surface area contributed by atoms with Crippen molar-refractivity contribution < 1.29 is 9.21 Å². The van der Waals surface area contributed by atoms with Crippen LogP contribution in [0.15, 0.2) is 52.9 Å². The molecular formula is C20H21N3O2. The van der Waals surface area contributed by atoms with Gasteiger partial charge in [0.05, 0.1) is 6.54 Å². The molecule has 0 saturated heterocycles. The fraction of sp³-hybridized carbons (Fsp3) is 0.200. The summed E-state index contributed by atoms with van der Waals surface area (Å²) >= 11 is 0. The number of urea groups is 1. The number of aryl methyl sites for hydroxylation is 3. The SMILES string of the molecule is Cc1ccc(NC(=O)NCc2nc(-c3ccccc3)oc2C)cc1C. The van der Waals surface area contributed by atoms with Crippen LogP contribution in [0.3, 0.4) is 0 Å². The second kappa shape index (κ2) is 7.21. The van der Waals surface area contributed by atoms with Crippen LogP contribution in [0.4, 0.5) is 10.5 Å². The number of carbonyl (C=O) groups excluding carboxylic acids is 1. The Labute approximate surface area is 147 Å². The summed E-state index contributed by atoms with van der Waals surface area (Å²) in [5.74, 6) is 1.26. The lowest BCUT2D eigenvalue weighted by atomic mass is 10.1. The largest absolute Gasteiger partial charge is 0.441 e. The van der Waals surface area contributed by atoms with E-state index in [1.54, 1.807) is 0 Å². The number of amides is 2. The number of hydrogen-bond acceptors (Lipinski definition) is 3. The maximum absolute atomic E-state index is 12.1. The summed E-state index contributed by atoms with van der Waals surface area (Å²) in [6.07, 6.45) is 0. The topological polar surface area (TPSA) is 67.2 Å². The smallest absolute Gasteiger partial charge is 0.319 e. The van der Waals surface area contributed by atoms with Gasteiger partial charge >= 0.3 is 6.03 Å². The Bertz CT molecular complexity index is 885. The van der Waals surface area contributed by atoms with Crippen LogP contribution in [0.25, 0.3) is 11.5 Å². The van der Waals surface area contributed by atoms with Crippen LogP contribution in [-0.2, 0) is 6.54 Å². The molecule has 1 heterocycles.